The number of carbonyl (C=O) groups is 1. The number of aromatic nitrogens is 2. The Morgan fingerprint density at radius 3 is 2.25 bits per heavy atom. The first-order valence-electron chi connectivity index (χ1n) is 9.24. The molecule has 1 heterocycles. The van der Waals surface area contributed by atoms with Crippen molar-refractivity contribution in [1.29, 1.82) is 0 Å². The Morgan fingerprint density at radius 2 is 1.57 bits per heavy atom. The van der Waals surface area contributed by atoms with Crippen molar-refractivity contribution in [3.63, 3.8) is 0 Å². The lowest BCUT2D eigenvalue weighted by atomic mass is 9.98. The molecule has 4 rings (SSSR count). The summed E-state index contributed by atoms with van der Waals surface area (Å²) in [4.78, 5) is 31.2. The maximum Gasteiger partial charge on any atom is 0.265 e. The average molecular weight is 368 g/mol. The minimum atomic E-state index is -0.569. The maximum atomic E-state index is 13.4. The molecule has 4 aromatic rings. The van der Waals surface area contributed by atoms with Gasteiger partial charge in [0, 0.05) is 5.56 Å². The molecule has 1 atom stereocenters. The van der Waals surface area contributed by atoms with Crippen LogP contribution in [0.15, 0.2) is 83.7 Å². The van der Waals surface area contributed by atoms with Crippen molar-refractivity contribution >= 4 is 16.7 Å². The molecule has 0 N–H and O–H groups in total. The van der Waals surface area contributed by atoms with Crippen LogP contribution in [-0.2, 0) is 0 Å². The van der Waals surface area contributed by atoms with Crippen LogP contribution in [0.2, 0.25) is 0 Å². The highest BCUT2D eigenvalue weighted by Crippen LogP contribution is 2.23. The van der Waals surface area contributed by atoms with Gasteiger partial charge in [0.1, 0.15) is 5.82 Å². The average Bonchev–Trinajstić information content (AvgIpc) is 2.74. The smallest absolute Gasteiger partial charge is 0.265 e. The van der Waals surface area contributed by atoms with Crippen LogP contribution < -0.4 is 5.56 Å². The number of fused-ring (bicyclic) bond motifs is 1. The van der Waals surface area contributed by atoms with Crippen LogP contribution in [0.3, 0.4) is 0 Å². The quantitative estimate of drug-likeness (QED) is 0.492. The van der Waals surface area contributed by atoms with Crippen molar-refractivity contribution in [1.82, 2.24) is 9.55 Å². The predicted octanol–water partition coefficient (Wildman–Crippen LogP) is 4.68. The van der Waals surface area contributed by atoms with Gasteiger partial charge in [-0.15, -0.1) is 0 Å². The van der Waals surface area contributed by atoms with Gasteiger partial charge in [-0.05, 0) is 38.1 Å². The van der Waals surface area contributed by atoms with E-state index in [9.17, 15) is 9.59 Å². The van der Waals surface area contributed by atoms with Crippen LogP contribution in [0.5, 0.6) is 0 Å². The third-order valence-electron chi connectivity index (χ3n) is 4.90. The fourth-order valence-corrected chi connectivity index (χ4v) is 3.40. The van der Waals surface area contributed by atoms with Crippen LogP contribution in [0.25, 0.3) is 16.6 Å². The lowest BCUT2D eigenvalue weighted by molar-refractivity contribution is 0.0962. The summed E-state index contributed by atoms with van der Waals surface area (Å²) in [6.45, 7) is 3.75. The van der Waals surface area contributed by atoms with Crippen LogP contribution in [-0.4, -0.2) is 15.3 Å². The van der Waals surface area contributed by atoms with Gasteiger partial charge in [0.25, 0.3) is 5.56 Å². The van der Waals surface area contributed by atoms with E-state index < -0.39 is 5.92 Å². The molecule has 0 amide bonds. The molecule has 0 spiro atoms. The third kappa shape index (κ3) is 3.14. The second-order valence-electron chi connectivity index (χ2n) is 6.92. The van der Waals surface area contributed by atoms with Gasteiger partial charge in [0.2, 0.25) is 0 Å². The molecule has 3 aromatic carbocycles. The fraction of sp³-hybridized carbons (Fsp3) is 0.125. The van der Waals surface area contributed by atoms with E-state index in [4.69, 9.17) is 4.98 Å². The summed E-state index contributed by atoms with van der Waals surface area (Å²) < 4.78 is 1.56. The van der Waals surface area contributed by atoms with E-state index in [0.717, 1.165) is 5.56 Å². The summed E-state index contributed by atoms with van der Waals surface area (Å²) in [6.07, 6.45) is 0. The molecule has 0 saturated heterocycles. The SMILES string of the molecule is Cc1ccc2nc(C(C)C(=O)c3ccccc3)n(-c3ccccc3)c(=O)c2c1. The number of ketones is 1. The van der Waals surface area contributed by atoms with Gasteiger partial charge in [-0.1, -0.05) is 60.2 Å². The lowest BCUT2D eigenvalue weighted by Gasteiger charge is -2.18. The third-order valence-corrected chi connectivity index (χ3v) is 4.90. The first-order valence-corrected chi connectivity index (χ1v) is 9.24. The summed E-state index contributed by atoms with van der Waals surface area (Å²) in [5.74, 6) is -0.189. The summed E-state index contributed by atoms with van der Waals surface area (Å²) in [6, 6.07) is 24.1. The van der Waals surface area contributed by atoms with Crippen molar-refractivity contribution < 1.29 is 4.79 Å². The molecule has 0 saturated carbocycles. The Kier molecular flexibility index (Phi) is 4.62. The zero-order valence-corrected chi connectivity index (χ0v) is 15.8. The Morgan fingerprint density at radius 1 is 0.929 bits per heavy atom. The number of hydrogen-bond acceptors (Lipinski definition) is 3. The molecule has 0 radical (unpaired) electrons. The van der Waals surface area contributed by atoms with E-state index in [1.165, 1.54) is 0 Å². The number of aryl methyl sites for hydroxylation is 1. The van der Waals surface area contributed by atoms with Crippen LogP contribution >= 0.6 is 0 Å². The van der Waals surface area contributed by atoms with Gasteiger partial charge in [-0.3, -0.25) is 14.2 Å². The Bertz CT molecular complexity index is 1210. The van der Waals surface area contributed by atoms with E-state index in [1.54, 1.807) is 23.6 Å². The molecule has 0 fully saturated rings. The minimum absolute atomic E-state index is 0.0661. The Labute approximate surface area is 163 Å². The number of nitrogens with zero attached hydrogens (tertiary/aromatic N) is 2. The molecule has 0 bridgehead atoms. The highest BCUT2D eigenvalue weighted by Gasteiger charge is 2.24. The summed E-state index contributed by atoms with van der Waals surface area (Å²) in [7, 11) is 0. The normalized spacial score (nSPS) is 12.1. The molecular formula is C24H20N2O2. The zero-order chi connectivity index (χ0) is 19.7. The van der Waals surface area contributed by atoms with Crippen molar-refractivity contribution in [2.45, 2.75) is 19.8 Å². The van der Waals surface area contributed by atoms with Gasteiger partial charge in [0.05, 0.1) is 22.5 Å². The van der Waals surface area contributed by atoms with Crippen LogP contribution in [0.4, 0.5) is 0 Å². The van der Waals surface area contributed by atoms with Crippen molar-refractivity contribution in [3.05, 3.63) is 106 Å². The molecular weight excluding hydrogens is 348 g/mol. The van der Waals surface area contributed by atoms with Gasteiger partial charge in [-0.2, -0.15) is 0 Å². The second kappa shape index (κ2) is 7.24. The summed E-state index contributed by atoms with van der Waals surface area (Å²) in [5, 5.41) is 0.548. The molecule has 1 unspecified atom stereocenters. The van der Waals surface area contributed by atoms with E-state index in [1.807, 2.05) is 73.7 Å². The first-order chi connectivity index (χ1) is 13.6. The minimum Gasteiger partial charge on any atom is -0.293 e. The number of carbonyl (C=O) groups excluding carboxylic acids is 1. The largest absolute Gasteiger partial charge is 0.293 e. The molecule has 0 aliphatic carbocycles. The molecule has 1 aromatic heterocycles. The fourth-order valence-electron chi connectivity index (χ4n) is 3.40. The number of para-hydroxylation sites is 1. The van der Waals surface area contributed by atoms with Gasteiger partial charge in [-0.25, -0.2) is 4.98 Å². The summed E-state index contributed by atoms with van der Waals surface area (Å²) in [5.41, 5.74) is 2.74. The molecule has 0 aliphatic rings. The Hall–Kier alpha value is -3.53. The zero-order valence-electron chi connectivity index (χ0n) is 15.8. The van der Waals surface area contributed by atoms with Gasteiger partial charge < -0.3 is 0 Å². The van der Waals surface area contributed by atoms with Gasteiger partial charge >= 0.3 is 0 Å². The topological polar surface area (TPSA) is 52.0 Å². The van der Waals surface area contributed by atoms with Crippen LogP contribution in [0, 0.1) is 6.92 Å². The second-order valence-corrected chi connectivity index (χ2v) is 6.92. The van der Waals surface area contributed by atoms with Crippen molar-refractivity contribution in [2.75, 3.05) is 0 Å². The number of hydrogen-bond donors (Lipinski definition) is 0. The Balaban J connectivity index is 1.98. The summed E-state index contributed by atoms with van der Waals surface area (Å²) >= 11 is 0. The molecule has 4 nitrogen and oxygen atoms in total. The highest BCUT2D eigenvalue weighted by atomic mass is 16.1. The lowest BCUT2D eigenvalue weighted by Crippen LogP contribution is -2.27. The molecule has 138 valence electrons. The van der Waals surface area contributed by atoms with E-state index >= 15 is 0 Å². The maximum absolute atomic E-state index is 13.4. The van der Waals surface area contributed by atoms with Gasteiger partial charge in [0.15, 0.2) is 5.78 Å². The van der Waals surface area contributed by atoms with E-state index in [2.05, 4.69) is 0 Å². The van der Waals surface area contributed by atoms with Crippen molar-refractivity contribution in [3.8, 4) is 5.69 Å². The predicted molar refractivity (Wildman–Crippen MR) is 111 cm³/mol. The number of rotatable bonds is 4. The number of Topliss-reactive ketones (excluding diaryl/α,β-unsaturated/α-hetero) is 1. The monoisotopic (exact) mass is 368 g/mol. The molecule has 28 heavy (non-hydrogen) atoms. The van der Waals surface area contributed by atoms with Crippen molar-refractivity contribution in [2.24, 2.45) is 0 Å². The standard InChI is InChI=1S/C24H20N2O2/c1-16-13-14-21-20(15-16)24(28)26(19-11-7-4-8-12-19)23(25-21)17(2)22(27)18-9-5-3-6-10-18/h3-15,17H,1-2H3. The van der Waals surface area contributed by atoms with E-state index in [0.29, 0.717) is 28.0 Å². The molecule has 4 heteroatoms. The molecule has 0 aliphatic heterocycles. The first kappa shape index (κ1) is 17.9. The van der Waals surface area contributed by atoms with Crippen LogP contribution in [0.1, 0.15) is 34.6 Å². The van der Waals surface area contributed by atoms with E-state index in [-0.39, 0.29) is 11.3 Å². The number of benzene rings is 3. The highest BCUT2D eigenvalue weighted by molar-refractivity contribution is 6.00.